The van der Waals surface area contributed by atoms with Crippen LogP contribution in [0.1, 0.15) is 39.8 Å². The van der Waals surface area contributed by atoms with Crippen molar-refractivity contribution >= 4 is 11.3 Å². The summed E-state index contributed by atoms with van der Waals surface area (Å²) >= 11 is 1.76. The lowest BCUT2D eigenvalue weighted by Crippen LogP contribution is -2.29. The molecule has 1 unspecified atom stereocenters. The molecule has 3 N–H and O–H groups in total. The number of nitrogens with two attached hydrogens (primary N) is 1. The standard InChI is InChI=1S/C16H18F2N2S/c17-12-6-5-10(13(18)9-12)7-14(20-19)16-8-11-3-1-2-4-15(11)21-16/h5-6,8-9,14,20H,1-4,7,19H2. The van der Waals surface area contributed by atoms with Crippen LogP contribution in [-0.2, 0) is 19.3 Å². The summed E-state index contributed by atoms with van der Waals surface area (Å²) in [6, 6.07) is 5.74. The lowest BCUT2D eigenvalue weighted by molar-refractivity contribution is 0.527. The number of fused-ring (bicyclic) bond motifs is 1. The predicted octanol–water partition coefficient (Wildman–Crippen LogP) is 3.65. The van der Waals surface area contributed by atoms with Crippen LogP contribution in [0.5, 0.6) is 0 Å². The van der Waals surface area contributed by atoms with E-state index in [9.17, 15) is 8.78 Å². The van der Waals surface area contributed by atoms with E-state index in [0.717, 1.165) is 23.8 Å². The Bertz CT molecular complexity index is 616. The molecule has 3 rings (SSSR count). The van der Waals surface area contributed by atoms with Crippen LogP contribution in [-0.4, -0.2) is 0 Å². The summed E-state index contributed by atoms with van der Waals surface area (Å²) in [6.45, 7) is 0. The molecular formula is C16H18F2N2S. The first-order valence-electron chi connectivity index (χ1n) is 7.19. The molecule has 2 nitrogen and oxygen atoms in total. The van der Waals surface area contributed by atoms with Gasteiger partial charge in [0.2, 0.25) is 0 Å². The van der Waals surface area contributed by atoms with Gasteiger partial charge in [0, 0.05) is 15.8 Å². The number of halogens is 2. The van der Waals surface area contributed by atoms with Gasteiger partial charge in [0.1, 0.15) is 11.6 Å². The second-order valence-corrected chi connectivity index (χ2v) is 6.63. The van der Waals surface area contributed by atoms with Gasteiger partial charge in [0.15, 0.2) is 0 Å². The predicted molar refractivity (Wildman–Crippen MR) is 81.1 cm³/mol. The first kappa shape index (κ1) is 14.6. The van der Waals surface area contributed by atoms with Gasteiger partial charge in [-0.15, -0.1) is 11.3 Å². The number of aryl methyl sites for hydroxylation is 2. The molecule has 5 heteroatoms. The van der Waals surface area contributed by atoms with Gasteiger partial charge in [-0.2, -0.15) is 0 Å². The number of thiophene rings is 1. The van der Waals surface area contributed by atoms with E-state index < -0.39 is 11.6 Å². The Morgan fingerprint density at radius 2 is 2.00 bits per heavy atom. The largest absolute Gasteiger partial charge is 0.271 e. The van der Waals surface area contributed by atoms with E-state index in [0.29, 0.717) is 12.0 Å². The Hall–Kier alpha value is -1.30. The van der Waals surface area contributed by atoms with Crippen molar-refractivity contribution in [1.82, 2.24) is 5.43 Å². The zero-order valence-electron chi connectivity index (χ0n) is 11.7. The molecule has 1 aliphatic carbocycles. The number of hydrogen-bond donors (Lipinski definition) is 2. The third kappa shape index (κ3) is 3.15. The van der Waals surface area contributed by atoms with E-state index in [1.165, 1.54) is 35.4 Å². The molecule has 0 radical (unpaired) electrons. The Balaban J connectivity index is 1.83. The van der Waals surface area contributed by atoms with Crippen LogP contribution in [0.4, 0.5) is 8.78 Å². The summed E-state index contributed by atoms with van der Waals surface area (Å²) in [5, 5.41) is 0. The minimum absolute atomic E-state index is 0.138. The van der Waals surface area contributed by atoms with Gasteiger partial charge >= 0.3 is 0 Å². The normalized spacial score (nSPS) is 15.8. The van der Waals surface area contributed by atoms with Crippen LogP contribution in [0.25, 0.3) is 0 Å². The van der Waals surface area contributed by atoms with Crippen LogP contribution in [0.3, 0.4) is 0 Å². The number of hydrazine groups is 1. The molecule has 2 aromatic rings. The van der Waals surface area contributed by atoms with Crippen molar-refractivity contribution < 1.29 is 8.78 Å². The summed E-state index contributed by atoms with van der Waals surface area (Å²) < 4.78 is 26.8. The molecule has 1 atom stereocenters. The van der Waals surface area contributed by atoms with Crippen molar-refractivity contribution in [2.75, 3.05) is 0 Å². The minimum Gasteiger partial charge on any atom is -0.271 e. The maximum atomic E-state index is 13.8. The molecule has 0 amide bonds. The molecule has 1 heterocycles. The van der Waals surface area contributed by atoms with E-state index >= 15 is 0 Å². The average Bonchev–Trinajstić information content (AvgIpc) is 2.90. The second kappa shape index (κ2) is 6.22. The zero-order valence-corrected chi connectivity index (χ0v) is 12.5. The Morgan fingerprint density at radius 1 is 1.19 bits per heavy atom. The van der Waals surface area contributed by atoms with E-state index in [1.807, 2.05) is 0 Å². The summed E-state index contributed by atoms with van der Waals surface area (Å²) in [5.74, 6) is 4.58. The van der Waals surface area contributed by atoms with Crippen molar-refractivity contribution in [3.63, 3.8) is 0 Å². The molecule has 0 saturated carbocycles. The average molecular weight is 308 g/mol. The number of nitrogens with one attached hydrogen (secondary N) is 1. The molecule has 0 fully saturated rings. The Kier molecular flexibility index (Phi) is 4.33. The van der Waals surface area contributed by atoms with Gasteiger partial charge in [-0.25, -0.2) is 8.78 Å². The molecule has 0 spiro atoms. The molecule has 1 aromatic carbocycles. The number of hydrogen-bond acceptors (Lipinski definition) is 3. The first-order valence-corrected chi connectivity index (χ1v) is 8.00. The second-order valence-electron chi connectivity index (χ2n) is 5.46. The molecule has 1 aromatic heterocycles. The van der Waals surface area contributed by atoms with Crippen molar-refractivity contribution in [1.29, 1.82) is 0 Å². The van der Waals surface area contributed by atoms with E-state index in [1.54, 1.807) is 11.3 Å². The Morgan fingerprint density at radius 3 is 2.71 bits per heavy atom. The summed E-state index contributed by atoms with van der Waals surface area (Å²) in [7, 11) is 0. The van der Waals surface area contributed by atoms with E-state index in [-0.39, 0.29) is 6.04 Å². The van der Waals surface area contributed by atoms with Crippen molar-refractivity contribution in [3.05, 3.63) is 56.8 Å². The van der Waals surface area contributed by atoms with E-state index in [4.69, 9.17) is 5.84 Å². The molecular weight excluding hydrogens is 290 g/mol. The van der Waals surface area contributed by atoms with Gasteiger partial charge in [0.25, 0.3) is 0 Å². The van der Waals surface area contributed by atoms with E-state index in [2.05, 4.69) is 11.5 Å². The first-order chi connectivity index (χ1) is 10.2. The van der Waals surface area contributed by atoms with Crippen molar-refractivity contribution in [2.24, 2.45) is 5.84 Å². The molecule has 21 heavy (non-hydrogen) atoms. The SMILES string of the molecule is NNC(Cc1ccc(F)cc1F)c1cc2c(s1)CCCC2. The topological polar surface area (TPSA) is 38.0 Å². The highest BCUT2D eigenvalue weighted by atomic mass is 32.1. The maximum absolute atomic E-state index is 13.8. The molecule has 0 bridgehead atoms. The third-order valence-electron chi connectivity index (χ3n) is 4.00. The summed E-state index contributed by atoms with van der Waals surface area (Å²) in [4.78, 5) is 2.56. The fourth-order valence-corrected chi connectivity index (χ4v) is 4.15. The smallest absolute Gasteiger partial charge is 0.129 e. The van der Waals surface area contributed by atoms with Crippen LogP contribution in [0, 0.1) is 11.6 Å². The quantitative estimate of drug-likeness (QED) is 0.668. The highest BCUT2D eigenvalue weighted by Crippen LogP contribution is 2.34. The summed E-state index contributed by atoms with van der Waals surface area (Å²) in [6.07, 6.45) is 5.13. The van der Waals surface area contributed by atoms with Crippen molar-refractivity contribution in [3.8, 4) is 0 Å². The van der Waals surface area contributed by atoms with Crippen LogP contribution >= 0.6 is 11.3 Å². The summed E-state index contributed by atoms with van der Waals surface area (Å²) in [5.41, 5.74) is 4.65. The molecule has 0 saturated heterocycles. The lowest BCUT2D eigenvalue weighted by Gasteiger charge is -2.14. The van der Waals surface area contributed by atoms with Crippen LogP contribution in [0.15, 0.2) is 24.3 Å². The van der Waals surface area contributed by atoms with Crippen LogP contribution in [0.2, 0.25) is 0 Å². The zero-order chi connectivity index (χ0) is 14.8. The van der Waals surface area contributed by atoms with Gasteiger partial charge in [-0.1, -0.05) is 6.07 Å². The van der Waals surface area contributed by atoms with Gasteiger partial charge in [-0.05, 0) is 55.4 Å². The maximum Gasteiger partial charge on any atom is 0.129 e. The van der Waals surface area contributed by atoms with Gasteiger partial charge < -0.3 is 0 Å². The monoisotopic (exact) mass is 308 g/mol. The van der Waals surface area contributed by atoms with Gasteiger partial charge in [0.05, 0.1) is 6.04 Å². The fraction of sp³-hybridized carbons (Fsp3) is 0.375. The minimum atomic E-state index is -0.555. The molecule has 112 valence electrons. The molecule has 1 aliphatic rings. The molecule has 0 aliphatic heterocycles. The highest BCUT2D eigenvalue weighted by Gasteiger charge is 2.20. The van der Waals surface area contributed by atoms with Crippen molar-refractivity contribution in [2.45, 2.75) is 38.1 Å². The highest BCUT2D eigenvalue weighted by molar-refractivity contribution is 7.12. The number of benzene rings is 1. The number of rotatable bonds is 4. The Labute approximate surface area is 127 Å². The lowest BCUT2D eigenvalue weighted by atomic mass is 9.98. The van der Waals surface area contributed by atoms with Crippen LogP contribution < -0.4 is 11.3 Å². The van der Waals surface area contributed by atoms with Gasteiger partial charge in [-0.3, -0.25) is 11.3 Å². The fourth-order valence-electron chi connectivity index (χ4n) is 2.83. The third-order valence-corrected chi connectivity index (χ3v) is 5.35.